The molecule has 1 heterocycles. The summed E-state index contributed by atoms with van der Waals surface area (Å²) in [6.07, 6.45) is 1.32. The van der Waals surface area contributed by atoms with E-state index in [1.165, 1.54) is 0 Å². The second-order valence-corrected chi connectivity index (χ2v) is 7.97. The molecule has 120 valence electrons. The highest BCUT2D eigenvalue weighted by Gasteiger charge is 2.24. The highest BCUT2D eigenvalue weighted by atomic mass is 32.2. The standard InChI is InChI=1S/C18H19NO3S/c1-19(13-14-6-3-2-4-7-14)18(20)16-9-10-17-15(12-16)8-5-11-23(17,21)22/h2-4,6-7,9-10,12H,5,8,11,13H2,1H3. The average molecular weight is 329 g/mol. The Labute approximate surface area is 136 Å². The van der Waals surface area contributed by atoms with Crippen molar-refractivity contribution in [3.63, 3.8) is 0 Å². The number of amides is 1. The molecule has 4 nitrogen and oxygen atoms in total. The Hall–Kier alpha value is -2.14. The third-order valence-corrected chi connectivity index (χ3v) is 6.01. The van der Waals surface area contributed by atoms with Crippen LogP contribution in [0.15, 0.2) is 53.4 Å². The fraction of sp³-hybridized carbons (Fsp3) is 0.278. The Kier molecular flexibility index (Phi) is 4.22. The van der Waals surface area contributed by atoms with E-state index in [0.717, 1.165) is 11.1 Å². The van der Waals surface area contributed by atoms with E-state index in [4.69, 9.17) is 0 Å². The van der Waals surface area contributed by atoms with Crippen molar-refractivity contribution in [2.24, 2.45) is 0 Å². The lowest BCUT2D eigenvalue weighted by Gasteiger charge is -2.20. The van der Waals surface area contributed by atoms with Crippen LogP contribution in [-0.4, -0.2) is 32.0 Å². The van der Waals surface area contributed by atoms with Gasteiger partial charge in [-0.3, -0.25) is 4.79 Å². The van der Waals surface area contributed by atoms with Gasteiger partial charge in [0, 0.05) is 19.2 Å². The molecule has 0 saturated carbocycles. The normalized spacial score (nSPS) is 15.7. The SMILES string of the molecule is CN(Cc1ccccc1)C(=O)c1ccc2c(c1)CCCS2(=O)=O. The van der Waals surface area contributed by atoms with Gasteiger partial charge in [0.2, 0.25) is 0 Å². The fourth-order valence-corrected chi connectivity index (χ4v) is 4.50. The molecule has 0 spiro atoms. The smallest absolute Gasteiger partial charge is 0.253 e. The van der Waals surface area contributed by atoms with Gasteiger partial charge in [0.1, 0.15) is 0 Å². The van der Waals surface area contributed by atoms with Crippen LogP contribution in [0.2, 0.25) is 0 Å². The summed E-state index contributed by atoms with van der Waals surface area (Å²) < 4.78 is 24.1. The van der Waals surface area contributed by atoms with E-state index in [0.29, 0.717) is 29.8 Å². The second-order valence-electron chi connectivity index (χ2n) is 5.89. The predicted octanol–water partition coefficient (Wildman–Crippen LogP) is 2.68. The summed E-state index contributed by atoms with van der Waals surface area (Å²) in [5.74, 6) is 0.0981. The van der Waals surface area contributed by atoms with Crippen LogP contribution >= 0.6 is 0 Å². The molecule has 0 fully saturated rings. The summed E-state index contributed by atoms with van der Waals surface area (Å²) in [5.41, 5.74) is 2.36. The Morgan fingerprint density at radius 3 is 2.61 bits per heavy atom. The number of rotatable bonds is 3. The van der Waals surface area contributed by atoms with Crippen LogP contribution in [0.3, 0.4) is 0 Å². The van der Waals surface area contributed by atoms with Crippen molar-refractivity contribution >= 4 is 15.7 Å². The summed E-state index contributed by atoms with van der Waals surface area (Å²) >= 11 is 0. The minimum atomic E-state index is -3.18. The highest BCUT2D eigenvalue weighted by Crippen LogP contribution is 2.26. The Bertz CT molecular complexity index is 829. The van der Waals surface area contributed by atoms with Gasteiger partial charge in [-0.25, -0.2) is 8.42 Å². The molecule has 0 N–H and O–H groups in total. The zero-order valence-electron chi connectivity index (χ0n) is 13.0. The molecule has 0 bridgehead atoms. The molecule has 0 atom stereocenters. The van der Waals surface area contributed by atoms with Crippen LogP contribution in [0, 0.1) is 0 Å². The summed E-state index contributed by atoms with van der Waals surface area (Å²) in [4.78, 5) is 14.6. The highest BCUT2D eigenvalue weighted by molar-refractivity contribution is 7.91. The maximum Gasteiger partial charge on any atom is 0.253 e. The van der Waals surface area contributed by atoms with Gasteiger partial charge in [-0.1, -0.05) is 30.3 Å². The Balaban J connectivity index is 1.83. The van der Waals surface area contributed by atoms with Gasteiger partial charge in [-0.15, -0.1) is 0 Å². The third kappa shape index (κ3) is 3.29. The first-order valence-electron chi connectivity index (χ1n) is 7.62. The number of aryl methyl sites for hydroxylation is 1. The van der Waals surface area contributed by atoms with Crippen molar-refractivity contribution in [1.82, 2.24) is 4.90 Å². The van der Waals surface area contributed by atoms with E-state index >= 15 is 0 Å². The summed E-state index contributed by atoms with van der Waals surface area (Å²) in [5, 5.41) is 0. The minimum absolute atomic E-state index is 0.0976. The van der Waals surface area contributed by atoms with Crippen LogP contribution < -0.4 is 0 Å². The number of hydrogen-bond acceptors (Lipinski definition) is 3. The first-order valence-corrected chi connectivity index (χ1v) is 9.28. The summed E-state index contributed by atoms with van der Waals surface area (Å²) in [7, 11) is -1.42. The molecular formula is C18H19NO3S. The number of sulfone groups is 1. The summed E-state index contributed by atoms with van der Waals surface area (Å²) in [6.45, 7) is 0.523. The molecule has 1 aliphatic heterocycles. The molecule has 1 amide bonds. The molecule has 0 radical (unpaired) electrons. The third-order valence-electron chi connectivity index (χ3n) is 4.11. The van der Waals surface area contributed by atoms with Crippen LogP contribution in [-0.2, 0) is 22.8 Å². The van der Waals surface area contributed by atoms with Gasteiger partial charge in [-0.2, -0.15) is 0 Å². The number of carbonyl (C=O) groups excluding carboxylic acids is 1. The van der Waals surface area contributed by atoms with Crippen molar-refractivity contribution in [2.75, 3.05) is 12.8 Å². The summed E-state index contributed by atoms with van der Waals surface area (Å²) in [6, 6.07) is 14.7. The molecule has 1 aliphatic rings. The van der Waals surface area contributed by atoms with Gasteiger partial charge < -0.3 is 4.90 Å². The quantitative estimate of drug-likeness (QED) is 0.870. The van der Waals surface area contributed by atoms with E-state index in [1.807, 2.05) is 30.3 Å². The fourth-order valence-electron chi connectivity index (χ4n) is 2.92. The van der Waals surface area contributed by atoms with Crippen molar-refractivity contribution in [1.29, 1.82) is 0 Å². The van der Waals surface area contributed by atoms with Gasteiger partial charge in [0.15, 0.2) is 9.84 Å². The van der Waals surface area contributed by atoms with E-state index in [1.54, 1.807) is 30.1 Å². The molecule has 23 heavy (non-hydrogen) atoms. The van der Waals surface area contributed by atoms with Gasteiger partial charge >= 0.3 is 0 Å². The van der Waals surface area contributed by atoms with Crippen LogP contribution in [0.4, 0.5) is 0 Å². The van der Waals surface area contributed by atoms with Crippen molar-refractivity contribution in [2.45, 2.75) is 24.3 Å². The lowest BCUT2D eigenvalue weighted by Crippen LogP contribution is -2.26. The predicted molar refractivity (Wildman–Crippen MR) is 89.1 cm³/mol. The molecule has 2 aromatic carbocycles. The molecule has 2 aromatic rings. The number of carbonyl (C=O) groups is 1. The lowest BCUT2D eigenvalue weighted by atomic mass is 10.1. The number of hydrogen-bond donors (Lipinski definition) is 0. The van der Waals surface area contributed by atoms with Gasteiger partial charge in [0.05, 0.1) is 10.6 Å². The topological polar surface area (TPSA) is 54.5 Å². The molecular weight excluding hydrogens is 310 g/mol. The van der Waals surface area contributed by atoms with Crippen LogP contribution in [0.25, 0.3) is 0 Å². The van der Waals surface area contributed by atoms with Crippen LogP contribution in [0.5, 0.6) is 0 Å². The largest absolute Gasteiger partial charge is 0.337 e. The molecule has 3 rings (SSSR count). The molecule has 0 aliphatic carbocycles. The maximum absolute atomic E-state index is 12.6. The minimum Gasteiger partial charge on any atom is -0.337 e. The van der Waals surface area contributed by atoms with E-state index < -0.39 is 9.84 Å². The first-order chi connectivity index (χ1) is 11.0. The molecule has 0 unspecified atom stereocenters. The zero-order valence-corrected chi connectivity index (χ0v) is 13.8. The Morgan fingerprint density at radius 1 is 1.13 bits per heavy atom. The van der Waals surface area contributed by atoms with Gasteiger partial charge in [0.25, 0.3) is 5.91 Å². The van der Waals surface area contributed by atoms with E-state index in [2.05, 4.69) is 0 Å². The zero-order chi connectivity index (χ0) is 16.4. The average Bonchev–Trinajstić information content (AvgIpc) is 2.54. The Morgan fingerprint density at radius 2 is 1.87 bits per heavy atom. The second kappa shape index (κ2) is 6.16. The van der Waals surface area contributed by atoms with E-state index in [-0.39, 0.29) is 11.7 Å². The van der Waals surface area contributed by atoms with Crippen molar-refractivity contribution in [3.8, 4) is 0 Å². The number of fused-ring (bicyclic) bond motifs is 1. The van der Waals surface area contributed by atoms with Crippen molar-refractivity contribution < 1.29 is 13.2 Å². The number of benzene rings is 2. The number of nitrogens with zero attached hydrogens (tertiary/aromatic N) is 1. The van der Waals surface area contributed by atoms with Crippen molar-refractivity contribution in [3.05, 3.63) is 65.2 Å². The first kappa shape index (κ1) is 15.7. The van der Waals surface area contributed by atoms with E-state index in [9.17, 15) is 13.2 Å². The monoisotopic (exact) mass is 329 g/mol. The molecule has 0 aromatic heterocycles. The van der Waals surface area contributed by atoms with Gasteiger partial charge in [-0.05, 0) is 42.2 Å². The molecule has 0 saturated heterocycles. The lowest BCUT2D eigenvalue weighted by molar-refractivity contribution is 0.0785. The molecule has 5 heteroatoms. The maximum atomic E-state index is 12.6. The van der Waals surface area contributed by atoms with Crippen LogP contribution in [0.1, 0.15) is 27.9 Å².